The molecule has 0 spiro atoms. The van der Waals surface area contributed by atoms with Crippen LogP contribution in [0, 0.1) is 20.8 Å². The van der Waals surface area contributed by atoms with Gasteiger partial charge in [-0.1, -0.05) is 35.9 Å². The Morgan fingerprint density at radius 2 is 1.67 bits per heavy atom. The molecule has 0 aliphatic rings. The number of aryl methyl sites for hydroxylation is 3. The fourth-order valence-corrected chi connectivity index (χ4v) is 3.61. The number of nitrogens with zero attached hydrogens (tertiary/aromatic N) is 1. The minimum absolute atomic E-state index is 0.00438. The van der Waals surface area contributed by atoms with E-state index < -0.39 is 0 Å². The summed E-state index contributed by atoms with van der Waals surface area (Å²) in [6.07, 6.45) is 0. The predicted octanol–water partition coefficient (Wildman–Crippen LogP) is 3.98. The van der Waals surface area contributed by atoms with Crippen molar-refractivity contribution in [1.82, 2.24) is 10.2 Å². The maximum absolute atomic E-state index is 12.3. The van der Waals surface area contributed by atoms with Gasteiger partial charge in [0, 0.05) is 29.9 Å². The van der Waals surface area contributed by atoms with Crippen LogP contribution in [0.2, 0.25) is 0 Å². The third-order valence-electron chi connectivity index (χ3n) is 4.06. The topological polar surface area (TPSA) is 61.4 Å². The first-order chi connectivity index (χ1) is 12.9. The summed E-state index contributed by atoms with van der Waals surface area (Å²) in [4.78, 5) is 27.0. The van der Waals surface area contributed by atoms with Crippen molar-refractivity contribution in [2.45, 2.75) is 25.7 Å². The second kappa shape index (κ2) is 10.0. The standard InChI is InChI=1S/C21H27N3O2S/c1-15-12-16(2)20(17(3)13-15)23-19(25)14-24(4)21(26)22-10-11-27-18-8-6-5-7-9-18/h5-9,12-13H,10-11,14H2,1-4H3,(H,22,26)(H,23,25). The number of amides is 3. The van der Waals surface area contributed by atoms with Gasteiger partial charge in [-0.05, 0) is 44.0 Å². The molecular formula is C21H27N3O2S. The molecule has 2 aromatic rings. The van der Waals surface area contributed by atoms with E-state index in [0.717, 1.165) is 28.1 Å². The van der Waals surface area contributed by atoms with Crippen LogP contribution in [0.3, 0.4) is 0 Å². The average molecular weight is 386 g/mol. The molecule has 0 radical (unpaired) electrons. The molecule has 0 aliphatic heterocycles. The lowest BCUT2D eigenvalue weighted by Crippen LogP contribution is -2.42. The van der Waals surface area contributed by atoms with Crippen LogP contribution in [-0.4, -0.2) is 42.7 Å². The minimum atomic E-state index is -0.254. The van der Waals surface area contributed by atoms with Crippen molar-refractivity contribution in [2.24, 2.45) is 0 Å². The highest BCUT2D eigenvalue weighted by molar-refractivity contribution is 7.99. The number of rotatable bonds is 7. The van der Waals surface area contributed by atoms with Gasteiger partial charge in [0.1, 0.15) is 6.54 Å². The van der Waals surface area contributed by atoms with E-state index in [1.165, 1.54) is 9.80 Å². The molecule has 6 heteroatoms. The fourth-order valence-electron chi connectivity index (χ4n) is 2.82. The van der Waals surface area contributed by atoms with Gasteiger partial charge in [-0.2, -0.15) is 0 Å². The number of likely N-dealkylation sites (N-methyl/N-ethyl adjacent to an activating group) is 1. The summed E-state index contributed by atoms with van der Waals surface area (Å²) in [6.45, 7) is 6.51. The molecule has 0 aliphatic carbocycles. The van der Waals surface area contributed by atoms with Gasteiger partial charge in [0.05, 0.1) is 0 Å². The Morgan fingerprint density at radius 3 is 2.30 bits per heavy atom. The summed E-state index contributed by atoms with van der Waals surface area (Å²) in [6, 6.07) is 13.8. The molecule has 2 aromatic carbocycles. The van der Waals surface area contributed by atoms with E-state index in [0.29, 0.717) is 6.54 Å². The number of benzene rings is 2. The number of thioether (sulfide) groups is 1. The van der Waals surface area contributed by atoms with Gasteiger partial charge < -0.3 is 15.5 Å². The average Bonchev–Trinajstić information content (AvgIpc) is 2.62. The third kappa shape index (κ3) is 6.64. The first-order valence-corrected chi connectivity index (χ1v) is 9.90. The molecule has 0 fully saturated rings. The molecule has 0 aromatic heterocycles. The Morgan fingerprint density at radius 1 is 1.04 bits per heavy atom. The van der Waals surface area contributed by atoms with Crippen molar-refractivity contribution >= 4 is 29.4 Å². The number of hydrogen-bond acceptors (Lipinski definition) is 3. The number of carbonyl (C=O) groups is 2. The first-order valence-electron chi connectivity index (χ1n) is 8.91. The molecule has 27 heavy (non-hydrogen) atoms. The lowest BCUT2D eigenvalue weighted by molar-refractivity contribution is -0.116. The zero-order valence-electron chi connectivity index (χ0n) is 16.3. The molecule has 2 rings (SSSR count). The predicted molar refractivity (Wildman–Crippen MR) is 112 cm³/mol. The molecule has 0 atom stereocenters. The zero-order valence-corrected chi connectivity index (χ0v) is 17.2. The van der Waals surface area contributed by atoms with E-state index in [-0.39, 0.29) is 18.5 Å². The summed E-state index contributed by atoms with van der Waals surface area (Å²) >= 11 is 1.68. The van der Waals surface area contributed by atoms with Crippen LogP contribution in [0.1, 0.15) is 16.7 Å². The van der Waals surface area contributed by atoms with Crippen molar-refractivity contribution in [3.63, 3.8) is 0 Å². The molecule has 0 heterocycles. The van der Waals surface area contributed by atoms with Gasteiger partial charge in [-0.15, -0.1) is 11.8 Å². The molecule has 0 saturated carbocycles. The van der Waals surface area contributed by atoms with E-state index in [4.69, 9.17) is 0 Å². The highest BCUT2D eigenvalue weighted by Gasteiger charge is 2.14. The number of carbonyl (C=O) groups excluding carboxylic acids is 2. The number of anilines is 1. The van der Waals surface area contributed by atoms with Crippen molar-refractivity contribution < 1.29 is 9.59 Å². The zero-order chi connectivity index (χ0) is 19.8. The smallest absolute Gasteiger partial charge is 0.317 e. The number of hydrogen-bond donors (Lipinski definition) is 2. The van der Waals surface area contributed by atoms with Crippen LogP contribution in [0.15, 0.2) is 47.4 Å². The van der Waals surface area contributed by atoms with Crippen LogP contribution in [0.5, 0.6) is 0 Å². The lowest BCUT2D eigenvalue weighted by atomic mass is 10.1. The molecule has 3 amide bonds. The van der Waals surface area contributed by atoms with Crippen LogP contribution in [0.4, 0.5) is 10.5 Å². The molecular weight excluding hydrogens is 358 g/mol. The van der Waals surface area contributed by atoms with Gasteiger partial charge in [-0.25, -0.2) is 4.79 Å². The van der Waals surface area contributed by atoms with Crippen LogP contribution < -0.4 is 10.6 Å². The van der Waals surface area contributed by atoms with E-state index in [1.807, 2.05) is 63.2 Å². The summed E-state index contributed by atoms with van der Waals surface area (Å²) in [5.41, 5.74) is 4.02. The Hall–Kier alpha value is -2.47. The SMILES string of the molecule is Cc1cc(C)c(NC(=O)CN(C)C(=O)NCCSc2ccccc2)c(C)c1. The number of urea groups is 1. The fraction of sp³-hybridized carbons (Fsp3) is 0.333. The van der Waals surface area contributed by atoms with Gasteiger partial charge in [0.15, 0.2) is 0 Å². The molecule has 2 N–H and O–H groups in total. The Kier molecular flexibility index (Phi) is 7.73. The Bertz CT molecular complexity index is 770. The normalized spacial score (nSPS) is 10.4. The summed E-state index contributed by atoms with van der Waals surface area (Å²) < 4.78 is 0. The van der Waals surface area contributed by atoms with E-state index in [2.05, 4.69) is 10.6 Å². The van der Waals surface area contributed by atoms with E-state index in [1.54, 1.807) is 18.8 Å². The van der Waals surface area contributed by atoms with Crippen LogP contribution >= 0.6 is 11.8 Å². The number of nitrogens with one attached hydrogen (secondary N) is 2. The molecule has 0 saturated heterocycles. The highest BCUT2D eigenvalue weighted by atomic mass is 32.2. The third-order valence-corrected chi connectivity index (χ3v) is 5.07. The van der Waals surface area contributed by atoms with Crippen LogP contribution in [0.25, 0.3) is 0 Å². The van der Waals surface area contributed by atoms with Gasteiger partial charge in [0.2, 0.25) is 5.91 Å². The largest absolute Gasteiger partial charge is 0.337 e. The monoisotopic (exact) mass is 385 g/mol. The maximum Gasteiger partial charge on any atom is 0.317 e. The van der Waals surface area contributed by atoms with Gasteiger partial charge in [0.25, 0.3) is 0 Å². The summed E-state index contributed by atoms with van der Waals surface area (Å²) in [5.74, 6) is 0.568. The highest BCUT2D eigenvalue weighted by Crippen LogP contribution is 2.21. The Labute approximate surface area is 165 Å². The van der Waals surface area contributed by atoms with Crippen molar-refractivity contribution in [3.05, 3.63) is 59.2 Å². The molecule has 0 unspecified atom stereocenters. The van der Waals surface area contributed by atoms with E-state index in [9.17, 15) is 9.59 Å². The van der Waals surface area contributed by atoms with Crippen molar-refractivity contribution in [2.75, 3.05) is 31.2 Å². The quantitative estimate of drug-likeness (QED) is 0.560. The second-order valence-corrected chi connectivity index (χ2v) is 7.74. The first kappa shape index (κ1) is 20.8. The van der Waals surface area contributed by atoms with E-state index >= 15 is 0 Å². The summed E-state index contributed by atoms with van der Waals surface area (Å²) in [5, 5.41) is 5.75. The van der Waals surface area contributed by atoms with Crippen molar-refractivity contribution in [1.29, 1.82) is 0 Å². The van der Waals surface area contributed by atoms with Crippen molar-refractivity contribution in [3.8, 4) is 0 Å². The van der Waals surface area contributed by atoms with Gasteiger partial charge in [-0.3, -0.25) is 4.79 Å². The second-order valence-electron chi connectivity index (χ2n) is 6.57. The molecule has 144 valence electrons. The molecule has 0 bridgehead atoms. The van der Waals surface area contributed by atoms with Gasteiger partial charge >= 0.3 is 6.03 Å². The Balaban J connectivity index is 1.76. The summed E-state index contributed by atoms with van der Waals surface area (Å²) in [7, 11) is 1.62. The lowest BCUT2D eigenvalue weighted by Gasteiger charge is -2.19. The molecule has 5 nitrogen and oxygen atoms in total. The van der Waals surface area contributed by atoms with Crippen LogP contribution in [-0.2, 0) is 4.79 Å². The maximum atomic E-state index is 12.3. The minimum Gasteiger partial charge on any atom is -0.337 e.